The molecule has 16 heavy (non-hydrogen) atoms. The highest BCUT2D eigenvalue weighted by Gasteiger charge is 2.03. The van der Waals surface area contributed by atoms with Crippen LogP contribution in [0.2, 0.25) is 0 Å². The zero-order chi connectivity index (χ0) is 12.0. The van der Waals surface area contributed by atoms with E-state index >= 15 is 0 Å². The first-order valence-corrected chi connectivity index (χ1v) is 4.30. The maximum Gasteiger partial charge on any atom is 0.270 e. The lowest BCUT2D eigenvalue weighted by Gasteiger charge is -1.95. The van der Waals surface area contributed by atoms with Crippen molar-refractivity contribution in [1.82, 2.24) is 5.43 Å². The van der Waals surface area contributed by atoms with Gasteiger partial charge in [-0.3, -0.25) is 14.9 Å². The van der Waals surface area contributed by atoms with Crippen molar-refractivity contribution >= 4 is 17.8 Å². The summed E-state index contributed by atoms with van der Waals surface area (Å²) in [5.41, 5.74) is 2.46. The first-order valence-electron chi connectivity index (χ1n) is 4.30. The fraction of sp³-hybridized carbons (Fsp3) is 0.111. The van der Waals surface area contributed by atoms with Gasteiger partial charge in [0.15, 0.2) is 0 Å². The third-order valence-electron chi connectivity index (χ3n) is 1.63. The maximum atomic E-state index is 10.6. The SMILES string of the molecule is O=C(CO)N/N=C\c1cccc([N+](=O)[O-])c1. The number of nitro benzene ring substituents is 1. The van der Waals surface area contributed by atoms with Crippen molar-refractivity contribution in [3.8, 4) is 0 Å². The Morgan fingerprint density at radius 2 is 2.38 bits per heavy atom. The van der Waals surface area contributed by atoms with E-state index in [1.165, 1.54) is 24.4 Å². The number of carbonyl (C=O) groups is 1. The van der Waals surface area contributed by atoms with Gasteiger partial charge in [0.05, 0.1) is 11.1 Å². The monoisotopic (exact) mass is 223 g/mol. The molecule has 1 rings (SSSR count). The molecule has 0 unspecified atom stereocenters. The second-order valence-corrected chi connectivity index (χ2v) is 2.80. The second-order valence-electron chi connectivity index (χ2n) is 2.80. The number of amides is 1. The molecule has 0 aliphatic heterocycles. The van der Waals surface area contributed by atoms with Crippen molar-refractivity contribution in [2.75, 3.05) is 6.61 Å². The molecule has 1 aromatic carbocycles. The minimum absolute atomic E-state index is 0.0579. The number of aliphatic hydroxyl groups is 1. The molecule has 1 amide bonds. The van der Waals surface area contributed by atoms with Gasteiger partial charge in [-0.25, -0.2) is 5.43 Å². The van der Waals surface area contributed by atoms with Gasteiger partial charge in [-0.2, -0.15) is 5.10 Å². The van der Waals surface area contributed by atoms with Crippen LogP contribution in [-0.4, -0.2) is 28.8 Å². The van der Waals surface area contributed by atoms with Crippen LogP contribution in [0.3, 0.4) is 0 Å². The molecule has 84 valence electrons. The normalized spacial score (nSPS) is 10.3. The first-order chi connectivity index (χ1) is 7.63. The molecule has 0 heterocycles. The molecule has 0 aliphatic carbocycles. The fourth-order valence-electron chi connectivity index (χ4n) is 0.933. The summed E-state index contributed by atoms with van der Waals surface area (Å²) in [5, 5.41) is 22.3. The average Bonchev–Trinajstić information content (AvgIpc) is 2.29. The molecule has 7 nitrogen and oxygen atoms in total. The van der Waals surface area contributed by atoms with Crippen molar-refractivity contribution in [2.45, 2.75) is 0 Å². The van der Waals surface area contributed by atoms with Crippen molar-refractivity contribution in [3.63, 3.8) is 0 Å². The number of aliphatic hydroxyl groups excluding tert-OH is 1. The number of hydrogen-bond donors (Lipinski definition) is 2. The molecule has 7 heteroatoms. The quantitative estimate of drug-likeness (QED) is 0.427. The van der Waals surface area contributed by atoms with E-state index in [1.54, 1.807) is 6.07 Å². The molecule has 0 spiro atoms. The van der Waals surface area contributed by atoms with Gasteiger partial charge in [-0.1, -0.05) is 12.1 Å². The van der Waals surface area contributed by atoms with Crippen LogP contribution in [0.4, 0.5) is 5.69 Å². The summed E-state index contributed by atoms with van der Waals surface area (Å²) in [6.07, 6.45) is 1.25. The molecule has 2 N–H and O–H groups in total. The molecular formula is C9H9N3O4. The average molecular weight is 223 g/mol. The van der Waals surface area contributed by atoms with Gasteiger partial charge < -0.3 is 5.11 Å². The van der Waals surface area contributed by atoms with Crippen LogP contribution in [0.1, 0.15) is 5.56 Å². The van der Waals surface area contributed by atoms with Crippen molar-refractivity contribution in [2.24, 2.45) is 5.10 Å². The summed E-state index contributed by atoms with van der Waals surface area (Å²) in [7, 11) is 0. The lowest BCUT2D eigenvalue weighted by atomic mass is 10.2. The van der Waals surface area contributed by atoms with Gasteiger partial charge in [0.25, 0.3) is 11.6 Å². The molecule has 0 fully saturated rings. The lowest BCUT2D eigenvalue weighted by molar-refractivity contribution is -0.384. The summed E-state index contributed by atoms with van der Waals surface area (Å²) in [6, 6.07) is 5.77. The van der Waals surface area contributed by atoms with Crippen LogP contribution in [-0.2, 0) is 4.79 Å². The topological polar surface area (TPSA) is 105 Å². The Bertz CT molecular complexity index is 431. The van der Waals surface area contributed by atoms with Gasteiger partial charge in [-0.05, 0) is 0 Å². The summed E-state index contributed by atoms with van der Waals surface area (Å²) in [4.78, 5) is 20.5. The Morgan fingerprint density at radius 3 is 3.00 bits per heavy atom. The van der Waals surface area contributed by atoms with E-state index in [-0.39, 0.29) is 5.69 Å². The zero-order valence-electron chi connectivity index (χ0n) is 8.16. The van der Waals surface area contributed by atoms with Gasteiger partial charge in [0.1, 0.15) is 6.61 Å². The number of nitrogens with zero attached hydrogens (tertiary/aromatic N) is 2. The van der Waals surface area contributed by atoms with Crippen LogP contribution >= 0.6 is 0 Å². The minimum atomic E-state index is -0.660. The molecule has 1 aromatic rings. The molecule has 0 aliphatic rings. The van der Waals surface area contributed by atoms with Crippen molar-refractivity contribution in [3.05, 3.63) is 39.9 Å². The first kappa shape index (κ1) is 11.8. The highest BCUT2D eigenvalue weighted by atomic mass is 16.6. The summed E-state index contributed by atoms with van der Waals surface area (Å²) in [5.74, 6) is -0.651. The Morgan fingerprint density at radius 1 is 1.62 bits per heavy atom. The number of nitro groups is 1. The number of hydrazone groups is 1. The predicted octanol–water partition coefficient (Wildman–Crippen LogP) is 0.0372. The molecule has 0 atom stereocenters. The summed E-state index contributed by atoms with van der Waals surface area (Å²) < 4.78 is 0. The predicted molar refractivity (Wildman–Crippen MR) is 55.9 cm³/mol. The molecule has 0 radical (unpaired) electrons. The fourth-order valence-corrected chi connectivity index (χ4v) is 0.933. The van der Waals surface area contributed by atoms with E-state index in [0.29, 0.717) is 5.56 Å². The van der Waals surface area contributed by atoms with E-state index in [0.717, 1.165) is 0 Å². The summed E-state index contributed by atoms with van der Waals surface area (Å²) in [6.45, 7) is -0.660. The number of nitrogens with one attached hydrogen (secondary N) is 1. The van der Waals surface area contributed by atoms with E-state index in [4.69, 9.17) is 5.11 Å². The second kappa shape index (κ2) is 5.56. The molecule has 0 aromatic heterocycles. The van der Waals surface area contributed by atoms with Crippen LogP contribution in [0.25, 0.3) is 0 Å². The van der Waals surface area contributed by atoms with Gasteiger partial charge >= 0.3 is 0 Å². The number of carbonyl (C=O) groups excluding carboxylic acids is 1. The highest BCUT2D eigenvalue weighted by molar-refractivity contribution is 5.83. The largest absolute Gasteiger partial charge is 0.386 e. The third-order valence-corrected chi connectivity index (χ3v) is 1.63. The minimum Gasteiger partial charge on any atom is -0.386 e. The number of hydrogen-bond acceptors (Lipinski definition) is 5. The smallest absolute Gasteiger partial charge is 0.270 e. The Balaban J connectivity index is 2.70. The van der Waals surface area contributed by atoms with Gasteiger partial charge in [-0.15, -0.1) is 0 Å². The number of non-ortho nitro benzene ring substituents is 1. The van der Waals surface area contributed by atoms with E-state index < -0.39 is 17.4 Å². The third kappa shape index (κ3) is 3.46. The summed E-state index contributed by atoms with van der Waals surface area (Å²) >= 11 is 0. The molecule has 0 saturated carbocycles. The van der Waals surface area contributed by atoms with E-state index in [2.05, 4.69) is 5.10 Å². The van der Waals surface area contributed by atoms with Gasteiger partial charge in [0, 0.05) is 17.7 Å². The Kier molecular flexibility index (Phi) is 4.10. The molecule has 0 bridgehead atoms. The van der Waals surface area contributed by atoms with Crippen LogP contribution < -0.4 is 5.43 Å². The molecule has 0 saturated heterocycles. The van der Waals surface area contributed by atoms with E-state index in [9.17, 15) is 14.9 Å². The van der Waals surface area contributed by atoms with Crippen LogP contribution in [0, 0.1) is 10.1 Å². The number of rotatable bonds is 4. The lowest BCUT2D eigenvalue weighted by Crippen LogP contribution is -2.20. The van der Waals surface area contributed by atoms with Crippen molar-refractivity contribution < 1.29 is 14.8 Å². The Labute approximate surface area is 90.6 Å². The highest BCUT2D eigenvalue weighted by Crippen LogP contribution is 2.11. The van der Waals surface area contributed by atoms with Crippen LogP contribution in [0.5, 0.6) is 0 Å². The Hall–Kier alpha value is -2.28. The van der Waals surface area contributed by atoms with Crippen molar-refractivity contribution in [1.29, 1.82) is 0 Å². The molecular weight excluding hydrogens is 214 g/mol. The standard InChI is InChI=1S/C9H9N3O4/c13-6-9(14)11-10-5-7-2-1-3-8(4-7)12(15)16/h1-5,13H,6H2,(H,11,14)/b10-5-. The zero-order valence-corrected chi connectivity index (χ0v) is 8.16. The maximum absolute atomic E-state index is 10.6. The van der Waals surface area contributed by atoms with Crippen LogP contribution in [0.15, 0.2) is 29.4 Å². The van der Waals surface area contributed by atoms with Gasteiger partial charge in [0.2, 0.25) is 0 Å². The number of benzene rings is 1. The van der Waals surface area contributed by atoms with E-state index in [1.807, 2.05) is 5.43 Å².